The molecule has 0 saturated carbocycles. The van der Waals surface area contributed by atoms with Gasteiger partial charge in [-0.25, -0.2) is 4.79 Å². The molecule has 0 aromatic heterocycles. The van der Waals surface area contributed by atoms with Crippen LogP contribution < -0.4 is 0 Å². The van der Waals surface area contributed by atoms with Crippen molar-refractivity contribution in [1.29, 1.82) is 0 Å². The summed E-state index contributed by atoms with van der Waals surface area (Å²) in [7, 11) is 0. The Morgan fingerprint density at radius 1 is 1.26 bits per heavy atom. The van der Waals surface area contributed by atoms with E-state index in [-0.39, 0.29) is 11.8 Å². The second kappa shape index (κ2) is 5.81. The Morgan fingerprint density at radius 3 is 2.63 bits per heavy atom. The normalized spacial score (nSPS) is 26.8. The molecular formula is C12H18N2O4S. The van der Waals surface area contributed by atoms with Crippen LogP contribution in [0.25, 0.3) is 0 Å². The SMILES string of the molecule is CCC(=O)N1CSCC1C(=O)N1CCCC1C(=O)O. The number of carboxylic acid groups (broad SMARTS) is 1. The van der Waals surface area contributed by atoms with Crippen molar-refractivity contribution in [3.63, 3.8) is 0 Å². The van der Waals surface area contributed by atoms with Crippen molar-refractivity contribution in [2.75, 3.05) is 18.2 Å². The average molecular weight is 286 g/mol. The number of amides is 2. The monoisotopic (exact) mass is 286 g/mol. The van der Waals surface area contributed by atoms with Crippen LogP contribution in [0.5, 0.6) is 0 Å². The Morgan fingerprint density at radius 2 is 2.00 bits per heavy atom. The molecule has 0 aromatic rings. The summed E-state index contributed by atoms with van der Waals surface area (Å²) >= 11 is 1.54. The molecule has 2 atom stereocenters. The van der Waals surface area contributed by atoms with Gasteiger partial charge in [0.1, 0.15) is 12.1 Å². The molecule has 6 nitrogen and oxygen atoms in total. The number of hydrogen-bond acceptors (Lipinski definition) is 4. The van der Waals surface area contributed by atoms with E-state index in [1.165, 1.54) is 4.90 Å². The van der Waals surface area contributed by atoms with E-state index in [1.807, 2.05) is 0 Å². The third-order valence-corrected chi connectivity index (χ3v) is 4.62. The number of carbonyl (C=O) groups excluding carboxylic acids is 2. The number of nitrogens with zero attached hydrogens (tertiary/aromatic N) is 2. The summed E-state index contributed by atoms with van der Waals surface area (Å²) in [5.74, 6) is -0.127. The molecule has 2 unspecified atom stereocenters. The highest BCUT2D eigenvalue weighted by Crippen LogP contribution is 2.26. The van der Waals surface area contributed by atoms with Crippen LogP contribution in [0, 0.1) is 0 Å². The van der Waals surface area contributed by atoms with Crippen molar-refractivity contribution in [3.05, 3.63) is 0 Å². The topological polar surface area (TPSA) is 77.9 Å². The lowest BCUT2D eigenvalue weighted by Crippen LogP contribution is -2.51. The summed E-state index contributed by atoms with van der Waals surface area (Å²) in [4.78, 5) is 38.4. The van der Waals surface area contributed by atoms with Crippen molar-refractivity contribution >= 4 is 29.5 Å². The van der Waals surface area contributed by atoms with E-state index in [4.69, 9.17) is 5.11 Å². The van der Waals surface area contributed by atoms with Crippen molar-refractivity contribution in [2.24, 2.45) is 0 Å². The Kier molecular flexibility index (Phi) is 4.34. The van der Waals surface area contributed by atoms with Gasteiger partial charge in [0.2, 0.25) is 11.8 Å². The molecule has 0 radical (unpaired) electrons. The first-order valence-corrected chi connectivity index (χ1v) is 7.62. The molecule has 2 rings (SSSR count). The van der Waals surface area contributed by atoms with E-state index in [0.29, 0.717) is 37.4 Å². The molecule has 2 fully saturated rings. The van der Waals surface area contributed by atoms with E-state index in [1.54, 1.807) is 23.6 Å². The van der Waals surface area contributed by atoms with Crippen LogP contribution >= 0.6 is 11.8 Å². The molecule has 1 N–H and O–H groups in total. The summed E-state index contributed by atoms with van der Waals surface area (Å²) in [6.45, 7) is 2.24. The first-order valence-electron chi connectivity index (χ1n) is 6.46. The molecule has 7 heteroatoms. The van der Waals surface area contributed by atoms with Crippen molar-refractivity contribution in [1.82, 2.24) is 9.80 Å². The van der Waals surface area contributed by atoms with Gasteiger partial charge in [-0.1, -0.05) is 6.92 Å². The third kappa shape index (κ3) is 2.70. The summed E-state index contributed by atoms with van der Waals surface area (Å²) < 4.78 is 0. The first kappa shape index (κ1) is 14.2. The van der Waals surface area contributed by atoms with Crippen LogP contribution in [-0.2, 0) is 14.4 Å². The van der Waals surface area contributed by atoms with Gasteiger partial charge in [0.25, 0.3) is 0 Å². The van der Waals surface area contributed by atoms with E-state index in [2.05, 4.69) is 0 Å². The quantitative estimate of drug-likeness (QED) is 0.811. The minimum atomic E-state index is -0.954. The molecule has 2 aliphatic rings. The molecule has 0 bridgehead atoms. The second-order valence-corrected chi connectivity index (χ2v) is 5.76. The van der Waals surface area contributed by atoms with Gasteiger partial charge in [-0.3, -0.25) is 9.59 Å². The maximum Gasteiger partial charge on any atom is 0.326 e. The minimum Gasteiger partial charge on any atom is -0.480 e. The molecule has 106 valence electrons. The summed E-state index contributed by atoms with van der Waals surface area (Å²) in [5.41, 5.74) is 0. The molecule has 2 heterocycles. The average Bonchev–Trinajstić information content (AvgIpc) is 3.05. The van der Waals surface area contributed by atoms with Gasteiger partial charge in [-0.05, 0) is 12.8 Å². The zero-order valence-electron chi connectivity index (χ0n) is 10.9. The van der Waals surface area contributed by atoms with E-state index < -0.39 is 18.1 Å². The highest BCUT2D eigenvalue weighted by Gasteiger charge is 2.41. The first-order chi connectivity index (χ1) is 9.06. The van der Waals surface area contributed by atoms with E-state index in [9.17, 15) is 14.4 Å². The lowest BCUT2D eigenvalue weighted by molar-refractivity contribution is -0.151. The molecule has 19 heavy (non-hydrogen) atoms. The number of hydrogen-bond donors (Lipinski definition) is 1. The highest BCUT2D eigenvalue weighted by molar-refractivity contribution is 7.99. The third-order valence-electron chi connectivity index (χ3n) is 3.61. The fourth-order valence-electron chi connectivity index (χ4n) is 2.57. The van der Waals surface area contributed by atoms with Gasteiger partial charge in [-0.2, -0.15) is 0 Å². The Balaban J connectivity index is 2.10. The van der Waals surface area contributed by atoms with Crippen LogP contribution in [0.1, 0.15) is 26.2 Å². The van der Waals surface area contributed by atoms with Crippen LogP contribution in [0.4, 0.5) is 0 Å². The van der Waals surface area contributed by atoms with Crippen molar-refractivity contribution in [2.45, 2.75) is 38.3 Å². The number of carboxylic acids is 1. The van der Waals surface area contributed by atoms with Gasteiger partial charge >= 0.3 is 5.97 Å². The molecule has 2 saturated heterocycles. The van der Waals surface area contributed by atoms with Crippen LogP contribution in [0.3, 0.4) is 0 Å². The van der Waals surface area contributed by atoms with Gasteiger partial charge in [0.15, 0.2) is 0 Å². The number of likely N-dealkylation sites (tertiary alicyclic amines) is 1. The standard InChI is InChI=1S/C12H18N2O4S/c1-2-10(15)14-7-19-6-9(14)11(16)13-5-3-4-8(13)12(17)18/h8-9H,2-7H2,1H3,(H,17,18). The van der Waals surface area contributed by atoms with Gasteiger partial charge in [0, 0.05) is 18.7 Å². The van der Waals surface area contributed by atoms with E-state index >= 15 is 0 Å². The summed E-state index contributed by atoms with van der Waals surface area (Å²) in [6, 6.07) is -1.21. The molecule has 0 aromatic carbocycles. The fraction of sp³-hybridized carbons (Fsp3) is 0.750. The summed E-state index contributed by atoms with van der Waals surface area (Å²) in [6.07, 6.45) is 1.58. The number of thioether (sulfide) groups is 1. The van der Waals surface area contributed by atoms with Gasteiger partial charge in [0.05, 0.1) is 5.88 Å². The van der Waals surface area contributed by atoms with E-state index in [0.717, 1.165) is 0 Å². The Hall–Kier alpha value is -1.24. The predicted octanol–water partition coefficient (Wildman–Crippen LogP) is 0.374. The lowest BCUT2D eigenvalue weighted by atomic mass is 10.2. The maximum absolute atomic E-state index is 12.4. The van der Waals surface area contributed by atoms with Crippen LogP contribution in [-0.4, -0.2) is 62.9 Å². The Bertz CT molecular complexity index is 401. The number of rotatable bonds is 3. The number of carbonyl (C=O) groups is 3. The van der Waals surface area contributed by atoms with Crippen molar-refractivity contribution in [3.8, 4) is 0 Å². The molecule has 0 aliphatic carbocycles. The molecule has 2 amide bonds. The van der Waals surface area contributed by atoms with Gasteiger partial charge < -0.3 is 14.9 Å². The number of aliphatic carboxylic acids is 1. The lowest BCUT2D eigenvalue weighted by Gasteiger charge is -2.29. The molecule has 2 aliphatic heterocycles. The van der Waals surface area contributed by atoms with Crippen LogP contribution in [0.2, 0.25) is 0 Å². The predicted molar refractivity (Wildman–Crippen MR) is 70.6 cm³/mol. The van der Waals surface area contributed by atoms with Crippen molar-refractivity contribution < 1.29 is 19.5 Å². The highest BCUT2D eigenvalue weighted by atomic mass is 32.2. The Labute approximate surface area is 116 Å². The van der Waals surface area contributed by atoms with Gasteiger partial charge in [-0.15, -0.1) is 11.8 Å². The fourth-order valence-corrected chi connectivity index (χ4v) is 3.75. The molecule has 0 spiro atoms. The second-order valence-electron chi connectivity index (χ2n) is 4.76. The smallest absolute Gasteiger partial charge is 0.326 e. The van der Waals surface area contributed by atoms with Crippen LogP contribution in [0.15, 0.2) is 0 Å². The maximum atomic E-state index is 12.4. The summed E-state index contributed by atoms with van der Waals surface area (Å²) in [5, 5.41) is 9.12. The zero-order chi connectivity index (χ0) is 14.0. The molecular weight excluding hydrogens is 268 g/mol. The zero-order valence-corrected chi connectivity index (χ0v) is 11.7. The minimum absolute atomic E-state index is 0.0468. The largest absolute Gasteiger partial charge is 0.480 e.